The third-order valence-corrected chi connectivity index (χ3v) is 5.70. The molecule has 174 valence electrons. The number of nitrogens with one attached hydrogen (secondary N) is 2. The molecule has 0 aliphatic heterocycles. The quantitative estimate of drug-likeness (QED) is 0.391. The van der Waals surface area contributed by atoms with Gasteiger partial charge in [0.25, 0.3) is 11.5 Å². The molecule has 8 nitrogen and oxygen atoms in total. The number of hydrogen-bond acceptors (Lipinski definition) is 6. The molecule has 9 heteroatoms. The Morgan fingerprint density at radius 1 is 0.941 bits per heavy atom. The lowest BCUT2D eigenvalue weighted by molar-refractivity contribution is 0.0951. The van der Waals surface area contributed by atoms with E-state index in [1.807, 2.05) is 24.3 Å². The fourth-order valence-corrected chi connectivity index (χ4v) is 3.98. The number of hydrogen-bond donors (Lipinski definition) is 2. The molecule has 0 aliphatic carbocycles. The molecule has 0 radical (unpaired) electrons. The van der Waals surface area contributed by atoms with Gasteiger partial charge in [-0.2, -0.15) is 0 Å². The molecule has 1 amide bonds. The van der Waals surface area contributed by atoms with Crippen molar-refractivity contribution in [2.75, 3.05) is 21.3 Å². The average molecular weight is 478 g/mol. The number of para-hydroxylation sites is 1. The van der Waals surface area contributed by atoms with Gasteiger partial charge in [0.2, 0.25) is 0 Å². The van der Waals surface area contributed by atoms with Gasteiger partial charge in [-0.15, -0.1) is 0 Å². The van der Waals surface area contributed by atoms with E-state index in [1.165, 1.54) is 18.8 Å². The Bertz CT molecular complexity index is 1490. The molecule has 0 saturated carbocycles. The van der Waals surface area contributed by atoms with E-state index in [2.05, 4.69) is 10.3 Å². The number of amides is 1. The third kappa shape index (κ3) is 4.38. The van der Waals surface area contributed by atoms with E-state index in [0.717, 1.165) is 5.56 Å². The second kappa shape index (κ2) is 9.80. The Morgan fingerprint density at radius 2 is 1.68 bits per heavy atom. The highest BCUT2D eigenvalue weighted by molar-refractivity contribution is 7.71. The van der Waals surface area contributed by atoms with Gasteiger partial charge < -0.3 is 24.5 Å². The molecule has 0 fully saturated rings. The lowest BCUT2D eigenvalue weighted by Crippen LogP contribution is -2.24. The molecular weight excluding hydrogens is 454 g/mol. The summed E-state index contributed by atoms with van der Waals surface area (Å²) < 4.78 is 17.5. The van der Waals surface area contributed by atoms with E-state index >= 15 is 0 Å². The zero-order valence-electron chi connectivity index (χ0n) is 18.9. The Labute approximate surface area is 200 Å². The van der Waals surface area contributed by atoms with Gasteiger partial charge in [-0.1, -0.05) is 18.2 Å². The van der Waals surface area contributed by atoms with Crippen molar-refractivity contribution in [3.05, 3.63) is 86.9 Å². The summed E-state index contributed by atoms with van der Waals surface area (Å²) in [5.41, 5.74) is 1.95. The van der Waals surface area contributed by atoms with Crippen molar-refractivity contribution in [3.8, 4) is 22.9 Å². The summed E-state index contributed by atoms with van der Waals surface area (Å²) in [6.07, 6.45) is 0. The number of carbonyl (C=O) groups is 1. The van der Waals surface area contributed by atoms with Gasteiger partial charge in [-0.3, -0.25) is 14.2 Å². The number of rotatable bonds is 7. The number of benzene rings is 3. The van der Waals surface area contributed by atoms with Gasteiger partial charge in [0.05, 0.1) is 37.9 Å². The summed E-state index contributed by atoms with van der Waals surface area (Å²) in [4.78, 5) is 29.1. The van der Waals surface area contributed by atoms with Crippen LogP contribution in [-0.4, -0.2) is 36.8 Å². The third-order valence-electron chi connectivity index (χ3n) is 5.42. The second-order valence-corrected chi connectivity index (χ2v) is 7.75. The Hall–Kier alpha value is -4.11. The van der Waals surface area contributed by atoms with Crippen LogP contribution in [0.3, 0.4) is 0 Å². The lowest BCUT2D eigenvalue weighted by atomic mass is 10.1. The van der Waals surface area contributed by atoms with Crippen molar-refractivity contribution in [1.82, 2.24) is 14.9 Å². The van der Waals surface area contributed by atoms with E-state index in [-0.39, 0.29) is 16.2 Å². The van der Waals surface area contributed by atoms with E-state index in [0.29, 0.717) is 45.9 Å². The maximum atomic E-state index is 13.3. The second-order valence-electron chi connectivity index (χ2n) is 7.36. The molecule has 0 spiro atoms. The van der Waals surface area contributed by atoms with E-state index in [1.54, 1.807) is 43.5 Å². The molecule has 0 atom stereocenters. The van der Waals surface area contributed by atoms with Crippen LogP contribution in [0, 0.1) is 4.77 Å². The summed E-state index contributed by atoms with van der Waals surface area (Å²) in [5.74, 6) is 1.43. The van der Waals surface area contributed by atoms with Crippen LogP contribution < -0.4 is 25.1 Å². The number of aromatic nitrogens is 2. The Balaban J connectivity index is 1.66. The number of carbonyl (C=O) groups excluding carboxylic acids is 1. The van der Waals surface area contributed by atoms with Crippen LogP contribution in [0.4, 0.5) is 0 Å². The van der Waals surface area contributed by atoms with Gasteiger partial charge in [-0.05, 0) is 48.6 Å². The number of H-pyrrole nitrogens is 1. The van der Waals surface area contributed by atoms with Gasteiger partial charge >= 0.3 is 0 Å². The zero-order chi connectivity index (χ0) is 24.2. The molecule has 2 N–H and O–H groups in total. The fourth-order valence-electron chi connectivity index (χ4n) is 3.68. The van der Waals surface area contributed by atoms with Crippen LogP contribution in [0.5, 0.6) is 17.2 Å². The number of fused-ring (bicyclic) bond motifs is 1. The Kier molecular flexibility index (Phi) is 6.65. The van der Waals surface area contributed by atoms with Crippen LogP contribution >= 0.6 is 12.2 Å². The van der Waals surface area contributed by atoms with Crippen LogP contribution in [-0.2, 0) is 6.54 Å². The first-order chi connectivity index (χ1) is 16.5. The molecule has 0 saturated heterocycles. The highest BCUT2D eigenvalue weighted by atomic mass is 32.1. The monoisotopic (exact) mass is 477 g/mol. The maximum Gasteiger partial charge on any atom is 0.266 e. The minimum atomic E-state index is -0.313. The SMILES string of the molecule is COc1ccccc1CNC(=O)c1ccc2c(=O)n(-c3ccc(OC)c(OC)c3)c(=S)[nH]c2c1. The molecule has 0 aliphatic rings. The van der Waals surface area contributed by atoms with Crippen molar-refractivity contribution in [2.24, 2.45) is 0 Å². The summed E-state index contributed by atoms with van der Waals surface area (Å²) >= 11 is 5.46. The van der Waals surface area contributed by atoms with Crippen molar-refractivity contribution >= 4 is 29.0 Å². The molecule has 0 bridgehead atoms. The van der Waals surface area contributed by atoms with Crippen LogP contribution in [0.15, 0.2) is 65.5 Å². The molecule has 4 rings (SSSR count). The van der Waals surface area contributed by atoms with Gasteiger partial charge in [0, 0.05) is 23.7 Å². The number of aromatic amines is 1. The average Bonchev–Trinajstić information content (AvgIpc) is 2.86. The van der Waals surface area contributed by atoms with E-state index < -0.39 is 0 Å². The molecule has 0 unspecified atom stereocenters. The summed E-state index contributed by atoms with van der Waals surface area (Å²) in [5, 5.41) is 3.27. The van der Waals surface area contributed by atoms with Gasteiger partial charge in [0.15, 0.2) is 16.3 Å². The highest BCUT2D eigenvalue weighted by Crippen LogP contribution is 2.29. The molecular formula is C25H23N3O5S. The molecule has 1 heterocycles. The van der Waals surface area contributed by atoms with Crippen LogP contribution in [0.25, 0.3) is 16.6 Å². The Morgan fingerprint density at radius 3 is 2.41 bits per heavy atom. The molecule has 1 aromatic heterocycles. The smallest absolute Gasteiger partial charge is 0.266 e. The molecule has 34 heavy (non-hydrogen) atoms. The largest absolute Gasteiger partial charge is 0.496 e. The first kappa shape index (κ1) is 23.1. The highest BCUT2D eigenvalue weighted by Gasteiger charge is 2.14. The standard InChI is InChI=1S/C25H23N3O5S/c1-31-20-7-5-4-6-16(20)14-26-23(29)15-8-10-18-19(12-15)27-25(34)28(24(18)30)17-9-11-21(32-2)22(13-17)33-3/h4-13H,14H2,1-3H3,(H,26,29)(H,27,34). The molecule has 4 aromatic rings. The van der Waals surface area contributed by atoms with Crippen LogP contribution in [0.1, 0.15) is 15.9 Å². The summed E-state index contributed by atoms with van der Waals surface area (Å²) in [6, 6.07) is 17.4. The maximum absolute atomic E-state index is 13.3. The summed E-state index contributed by atoms with van der Waals surface area (Å²) in [6.45, 7) is 0.303. The number of nitrogens with zero attached hydrogens (tertiary/aromatic N) is 1. The topological polar surface area (TPSA) is 94.6 Å². The van der Waals surface area contributed by atoms with Crippen molar-refractivity contribution < 1.29 is 19.0 Å². The fraction of sp³-hybridized carbons (Fsp3) is 0.160. The van der Waals surface area contributed by atoms with Gasteiger partial charge in [-0.25, -0.2) is 0 Å². The summed E-state index contributed by atoms with van der Waals surface area (Å²) in [7, 11) is 4.64. The van der Waals surface area contributed by atoms with Crippen molar-refractivity contribution in [3.63, 3.8) is 0 Å². The van der Waals surface area contributed by atoms with Gasteiger partial charge in [0.1, 0.15) is 5.75 Å². The normalized spacial score (nSPS) is 10.7. The van der Waals surface area contributed by atoms with Crippen molar-refractivity contribution in [1.29, 1.82) is 0 Å². The predicted octanol–water partition coefficient (Wildman–Crippen LogP) is 4.00. The van der Waals surface area contributed by atoms with E-state index in [9.17, 15) is 9.59 Å². The minimum Gasteiger partial charge on any atom is -0.496 e. The number of methoxy groups -OCH3 is 3. The van der Waals surface area contributed by atoms with Crippen molar-refractivity contribution in [2.45, 2.75) is 6.54 Å². The van der Waals surface area contributed by atoms with Crippen LogP contribution in [0.2, 0.25) is 0 Å². The molecule has 3 aromatic carbocycles. The first-order valence-electron chi connectivity index (χ1n) is 10.4. The minimum absolute atomic E-state index is 0.191. The lowest BCUT2D eigenvalue weighted by Gasteiger charge is -2.13. The number of ether oxygens (including phenoxy) is 3. The first-order valence-corrected chi connectivity index (χ1v) is 10.8. The predicted molar refractivity (Wildman–Crippen MR) is 132 cm³/mol. The zero-order valence-corrected chi connectivity index (χ0v) is 19.7. The van der Waals surface area contributed by atoms with E-state index in [4.69, 9.17) is 26.4 Å².